The maximum absolute atomic E-state index is 10.9. The first-order valence-electron chi connectivity index (χ1n) is 15.0. The number of rotatable bonds is 4. The molecule has 0 unspecified atom stereocenters. The molecule has 7 rings (SSSR count). The molecule has 45 heavy (non-hydrogen) atoms. The zero-order valence-corrected chi connectivity index (χ0v) is 28.3. The molecule has 0 aliphatic heterocycles. The van der Waals surface area contributed by atoms with E-state index < -0.39 is 0 Å². The largest absolute Gasteiger partial charge is 0.507 e. The summed E-state index contributed by atoms with van der Waals surface area (Å²) in [6, 6.07) is 38.6. The Morgan fingerprint density at radius 1 is 0.667 bits per heavy atom. The van der Waals surface area contributed by atoms with Crippen molar-refractivity contribution in [3.8, 4) is 45.1 Å². The van der Waals surface area contributed by atoms with Gasteiger partial charge >= 0.3 is 0 Å². The van der Waals surface area contributed by atoms with Gasteiger partial charge in [0, 0.05) is 38.5 Å². The number of aryl methyl sites for hydroxylation is 2. The van der Waals surface area contributed by atoms with Crippen LogP contribution in [0.4, 0.5) is 0 Å². The smallest absolute Gasteiger partial charge is 0.148 e. The maximum atomic E-state index is 10.9. The molecule has 2 heterocycles. The monoisotopic (exact) mass is 767 g/mol. The average molecular weight is 768 g/mol. The summed E-state index contributed by atoms with van der Waals surface area (Å²) in [5, 5.41) is 12.1. The van der Waals surface area contributed by atoms with E-state index in [2.05, 4.69) is 124 Å². The van der Waals surface area contributed by atoms with Crippen molar-refractivity contribution in [1.29, 1.82) is 0 Å². The summed E-state index contributed by atoms with van der Waals surface area (Å²) >= 11 is 0. The Bertz CT molecular complexity index is 2180. The molecule has 0 spiro atoms. The summed E-state index contributed by atoms with van der Waals surface area (Å²) in [7, 11) is 0. The minimum absolute atomic E-state index is 0. The van der Waals surface area contributed by atoms with Crippen LogP contribution in [0, 0.1) is 19.9 Å². The van der Waals surface area contributed by atoms with Crippen LogP contribution in [0.5, 0.6) is 5.75 Å². The second kappa shape index (κ2) is 11.8. The summed E-state index contributed by atoms with van der Waals surface area (Å²) in [6.45, 7) is 10.9. The van der Waals surface area contributed by atoms with Crippen LogP contribution in [0.25, 0.3) is 61.3 Å². The molecule has 4 nitrogen and oxygen atoms in total. The van der Waals surface area contributed by atoms with E-state index in [9.17, 15) is 5.11 Å². The third kappa shape index (κ3) is 5.38. The summed E-state index contributed by atoms with van der Waals surface area (Å²) in [4.78, 5) is 10.00. The summed E-state index contributed by atoms with van der Waals surface area (Å²) < 4.78 is 2.14. The fraction of sp³-hybridized carbons (Fsp3) is 0.150. The minimum Gasteiger partial charge on any atom is -0.507 e. The number of nitrogens with zero attached hydrogens (tertiary/aromatic N) is 3. The van der Waals surface area contributed by atoms with Crippen LogP contribution in [0.15, 0.2) is 109 Å². The zero-order chi connectivity index (χ0) is 30.6. The molecule has 226 valence electrons. The molecular formula is C40H34N3OPt-. The molecule has 0 bridgehead atoms. The van der Waals surface area contributed by atoms with Crippen LogP contribution >= 0.6 is 0 Å². The van der Waals surface area contributed by atoms with Gasteiger partial charge in [-0.3, -0.25) is 9.55 Å². The Hall–Kier alpha value is -4.53. The average Bonchev–Trinajstić information content (AvgIpc) is 3.41. The van der Waals surface area contributed by atoms with Gasteiger partial charge in [0.2, 0.25) is 0 Å². The summed E-state index contributed by atoms with van der Waals surface area (Å²) in [5.74, 6) is 0.883. The third-order valence-electron chi connectivity index (χ3n) is 8.51. The Balaban J connectivity index is 0.00000357. The van der Waals surface area contributed by atoms with Crippen LogP contribution in [-0.4, -0.2) is 19.6 Å². The van der Waals surface area contributed by atoms with Crippen LogP contribution in [0.3, 0.4) is 0 Å². The number of para-hydroxylation sites is 2. The topological polar surface area (TPSA) is 50.9 Å². The standard InChI is InChI=1S/C40H34N3O.Pt/c1-25-16-21-32(38-36(25)26(2)22-23-41-38)28-11-8-10-27(24-28)31-13-9-14-34-37(31)42-39(33-12-6-7-15-35(33)44)43(34)30-19-17-29(18-20-30)40(3,4)5;/h6-23,44H,1-5H3;/q-1;. The first-order valence-corrected chi connectivity index (χ1v) is 15.0. The van der Waals surface area contributed by atoms with Gasteiger partial charge in [-0.2, -0.15) is 0 Å². The number of imidazole rings is 1. The molecule has 0 fully saturated rings. The molecule has 5 aromatic carbocycles. The fourth-order valence-electron chi connectivity index (χ4n) is 6.16. The van der Waals surface area contributed by atoms with E-state index in [4.69, 9.17) is 9.97 Å². The van der Waals surface area contributed by atoms with Gasteiger partial charge in [0.1, 0.15) is 11.6 Å². The van der Waals surface area contributed by atoms with Crippen molar-refractivity contribution in [1.82, 2.24) is 14.5 Å². The van der Waals surface area contributed by atoms with Crippen LogP contribution < -0.4 is 0 Å². The van der Waals surface area contributed by atoms with Gasteiger partial charge in [0.05, 0.1) is 16.6 Å². The van der Waals surface area contributed by atoms with Crippen molar-refractivity contribution in [3.63, 3.8) is 0 Å². The number of pyridine rings is 1. The molecule has 0 radical (unpaired) electrons. The molecule has 0 atom stereocenters. The summed E-state index contributed by atoms with van der Waals surface area (Å²) in [5.41, 5.74) is 12.2. The van der Waals surface area contributed by atoms with Crippen molar-refractivity contribution in [3.05, 3.63) is 132 Å². The van der Waals surface area contributed by atoms with E-state index in [0.717, 1.165) is 44.5 Å². The number of hydrogen-bond donors (Lipinski definition) is 1. The van der Waals surface area contributed by atoms with Gasteiger partial charge in [-0.05, 0) is 77.7 Å². The Morgan fingerprint density at radius 2 is 1.31 bits per heavy atom. The van der Waals surface area contributed by atoms with Crippen molar-refractivity contribution in [2.75, 3.05) is 0 Å². The van der Waals surface area contributed by atoms with Crippen molar-refractivity contribution >= 4 is 21.9 Å². The van der Waals surface area contributed by atoms with Crippen molar-refractivity contribution in [2.45, 2.75) is 40.0 Å². The number of aromatic nitrogens is 3. The second-order valence-electron chi connectivity index (χ2n) is 12.5. The minimum atomic E-state index is 0. The van der Waals surface area contributed by atoms with Crippen molar-refractivity contribution in [2.24, 2.45) is 0 Å². The van der Waals surface area contributed by atoms with E-state index in [1.165, 1.54) is 22.1 Å². The first kappa shape index (κ1) is 30.5. The molecule has 0 aliphatic carbocycles. The predicted molar refractivity (Wildman–Crippen MR) is 181 cm³/mol. The third-order valence-corrected chi connectivity index (χ3v) is 8.51. The van der Waals surface area contributed by atoms with Gasteiger partial charge in [-0.25, -0.2) is 4.98 Å². The number of hydrogen-bond acceptors (Lipinski definition) is 3. The molecular weight excluding hydrogens is 734 g/mol. The van der Waals surface area contributed by atoms with E-state index in [1.54, 1.807) is 6.07 Å². The molecule has 2 aromatic heterocycles. The first-order chi connectivity index (χ1) is 21.2. The Labute approximate surface area is 278 Å². The number of aromatic hydroxyl groups is 1. The van der Waals surface area contributed by atoms with Gasteiger partial charge in [-0.1, -0.05) is 80.4 Å². The van der Waals surface area contributed by atoms with E-state index >= 15 is 0 Å². The SMILES string of the molecule is Cc1ccnc2c(-c3[c-]c(-c4cccc5c4nc(-c4ccccc4O)n5-c4ccc(C(C)(C)C)cc4)ccc3)ccc(C)c12.[Pt]. The number of phenolic OH excluding ortho intramolecular Hbond substituents is 1. The molecule has 0 amide bonds. The molecule has 0 saturated heterocycles. The van der Waals surface area contributed by atoms with Crippen LogP contribution in [0.2, 0.25) is 0 Å². The molecule has 0 saturated carbocycles. The van der Waals surface area contributed by atoms with Crippen LogP contribution in [-0.2, 0) is 26.5 Å². The van der Waals surface area contributed by atoms with E-state index in [-0.39, 0.29) is 32.2 Å². The Morgan fingerprint density at radius 3 is 2.02 bits per heavy atom. The Kier molecular flexibility index (Phi) is 7.97. The zero-order valence-electron chi connectivity index (χ0n) is 26.0. The molecule has 5 heteroatoms. The fourth-order valence-corrected chi connectivity index (χ4v) is 6.16. The molecule has 1 N–H and O–H groups in total. The van der Waals surface area contributed by atoms with Gasteiger partial charge < -0.3 is 5.11 Å². The van der Waals surface area contributed by atoms with Crippen LogP contribution in [0.1, 0.15) is 37.5 Å². The second-order valence-corrected chi connectivity index (χ2v) is 12.5. The number of fused-ring (bicyclic) bond motifs is 2. The molecule has 0 aliphatic rings. The normalized spacial score (nSPS) is 11.6. The number of benzene rings is 5. The van der Waals surface area contributed by atoms with Gasteiger partial charge in [0.25, 0.3) is 0 Å². The van der Waals surface area contributed by atoms with Crippen molar-refractivity contribution < 1.29 is 26.2 Å². The summed E-state index contributed by atoms with van der Waals surface area (Å²) in [6.07, 6.45) is 1.88. The quantitative estimate of drug-likeness (QED) is 0.182. The number of phenols is 1. The van der Waals surface area contributed by atoms with Gasteiger partial charge in [0.15, 0.2) is 0 Å². The maximum Gasteiger partial charge on any atom is 0.148 e. The molecule has 7 aromatic rings. The van der Waals surface area contributed by atoms with Gasteiger partial charge in [-0.15, -0.1) is 35.4 Å². The predicted octanol–water partition coefficient (Wildman–Crippen LogP) is 9.99. The van der Waals surface area contributed by atoms with E-state index in [1.807, 2.05) is 24.4 Å². The van der Waals surface area contributed by atoms with E-state index in [0.29, 0.717) is 11.4 Å².